The van der Waals surface area contributed by atoms with Gasteiger partial charge in [0.2, 0.25) is 0 Å². The molecule has 5 nitrogen and oxygen atoms in total. The number of fused-ring (bicyclic) bond motifs is 1. The zero-order valence-electron chi connectivity index (χ0n) is 12.4. The Kier molecular flexibility index (Phi) is 3.82. The maximum absolute atomic E-state index is 12.7. The summed E-state index contributed by atoms with van der Waals surface area (Å²) in [5.41, 5.74) is 3.05. The molecule has 1 fully saturated rings. The van der Waals surface area contributed by atoms with Gasteiger partial charge in [0, 0.05) is 18.3 Å². The number of nitrogens with one attached hydrogen (secondary N) is 1. The summed E-state index contributed by atoms with van der Waals surface area (Å²) in [6, 6.07) is 1.70. The van der Waals surface area contributed by atoms with E-state index >= 15 is 0 Å². The Balaban J connectivity index is 1.82. The van der Waals surface area contributed by atoms with Crippen LogP contribution in [0, 0.1) is 0 Å². The molecule has 1 aliphatic carbocycles. The van der Waals surface area contributed by atoms with Crippen LogP contribution in [0.1, 0.15) is 47.9 Å². The van der Waals surface area contributed by atoms with Crippen molar-refractivity contribution in [2.24, 2.45) is 0 Å². The first-order chi connectivity index (χ1) is 9.96. The van der Waals surface area contributed by atoms with Gasteiger partial charge in [-0.05, 0) is 50.7 Å². The fourth-order valence-corrected chi connectivity index (χ4v) is 5.04. The van der Waals surface area contributed by atoms with Gasteiger partial charge in [0.15, 0.2) is 9.84 Å². The standard InChI is InChI=1S/C15H22N2O3S/c1-11-10-21(19,20)8-4-7-17(11)15(18)14-9-12-5-2-3-6-13(12)16-14/h9,11,16H,2-8,10H2,1H3. The van der Waals surface area contributed by atoms with Crippen molar-refractivity contribution < 1.29 is 13.2 Å². The molecule has 0 radical (unpaired) electrons. The predicted octanol–water partition coefficient (Wildman–Crippen LogP) is 1.54. The molecule has 2 heterocycles. The third-order valence-corrected chi connectivity index (χ3v) is 6.39. The molecule has 1 amide bonds. The number of carbonyl (C=O) groups is 1. The number of aryl methyl sites for hydroxylation is 2. The van der Waals surface area contributed by atoms with Crippen LogP contribution in [0.3, 0.4) is 0 Å². The average molecular weight is 310 g/mol. The summed E-state index contributed by atoms with van der Waals surface area (Å²) in [6.45, 7) is 2.34. The van der Waals surface area contributed by atoms with E-state index in [1.54, 1.807) is 4.90 Å². The molecule has 1 aromatic rings. The molecule has 1 N–H and O–H groups in total. The van der Waals surface area contributed by atoms with E-state index in [1.165, 1.54) is 24.1 Å². The summed E-state index contributed by atoms with van der Waals surface area (Å²) in [5.74, 6) is 0.190. The number of nitrogens with zero attached hydrogens (tertiary/aromatic N) is 1. The van der Waals surface area contributed by atoms with Gasteiger partial charge < -0.3 is 9.88 Å². The van der Waals surface area contributed by atoms with Gasteiger partial charge in [-0.15, -0.1) is 0 Å². The van der Waals surface area contributed by atoms with E-state index < -0.39 is 9.84 Å². The van der Waals surface area contributed by atoms with Gasteiger partial charge >= 0.3 is 0 Å². The van der Waals surface area contributed by atoms with E-state index in [-0.39, 0.29) is 23.5 Å². The van der Waals surface area contributed by atoms with Crippen LogP contribution in [-0.2, 0) is 22.7 Å². The number of aromatic amines is 1. The van der Waals surface area contributed by atoms with Gasteiger partial charge in [-0.3, -0.25) is 4.79 Å². The molecule has 0 spiro atoms. The molecular weight excluding hydrogens is 288 g/mol. The lowest BCUT2D eigenvalue weighted by molar-refractivity contribution is 0.0707. The second kappa shape index (κ2) is 5.48. The van der Waals surface area contributed by atoms with Crippen LogP contribution < -0.4 is 0 Å². The Bertz CT molecular complexity index is 624. The molecule has 0 saturated carbocycles. The molecular formula is C15H22N2O3S. The summed E-state index contributed by atoms with van der Waals surface area (Å²) in [4.78, 5) is 17.7. The lowest BCUT2D eigenvalue weighted by atomic mass is 9.98. The van der Waals surface area contributed by atoms with Crippen molar-refractivity contribution in [3.63, 3.8) is 0 Å². The van der Waals surface area contributed by atoms with Crippen molar-refractivity contribution in [2.75, 3.05) is 18.1 Å². The molecule has 1 saturated heterocycles. The molecule has 1 unspecified atom stereocenters. The van der Waals surface area contributed by atoms with E-state index in [0.29, 0.717) is 18.7 Å². The number of hydrogen-bond acceptors (Lipinski definition) is 3. The molecule has 3 rings (SSSR count). The molecule has 6 heteroatoms. The second-order valence-electron chi connectivity index (χ2n) is 6.21. The minimum atomic E-state index is -3.02. The third-order valence-electron chi connectivity index (χ3n) is 4.49. The quantitative estimate of drug-likeness (QED) is 0.855. The second-order valence-corrected chi connectivity index (χ2v) is 8.44. The van der Waals surface area contributed by atoms with Crippen molar-refractivity contribution >= 4 is 15.7 Å². The van der Waals surface area contributed by atoms with Crippen molar-refractivity contribution in [3.05, 3.63) is 23.0 Å². The number of carbonyl (C=O) groups excluding carboxylic acids is 1. The SMILES string of the molecule is CC1CS(=O)(=O)CCCN1C(=O)c1cc2c([nH]1)CCCC2. The Morgan fingerprint density at radius 1 is 1.29 bits per heavy atom. The highest BCUT2D eigenvalue weighted by Gasteiger charge is 2.30. The van der Waals surface area contributed by atoms with Crippen molar-refractivity contribution in [2.45, 2.75) is 45.1 Å². The van der Waals surface area contributed by atoms with Crippen LogP contribution >= 0.6 is 0 Å². The normalized spacial score (nSPS) is 25.2. The monoisotopic (exact) mass is 310 g/mol. The predicted molar refractivity (Wildman–Crippen MR) is 81.2 cm³/mol. The number of aromatic nitrogens is 1. The van der Waals surface area contributed by atoms with Crippen molar-refractivity contribution in [1.29, 1.82) is 0 Å². The van der Waals surface area contributed by atoms with Crippen LogP contribution in [0.5, 0.6) is 0 Å². The Labute approximate surface area is 125 Å². The zero-order valence-corrected chi connectivity index (χ0v) is 13.2. The van der Waals surface area contributed by atoms with E-state index in [2.05, 4.69) is 4.98 Å². The first-order valence-corrected chi connectivity index (χ1v) is 9.50. The third kappa shape index (κ3) is 3.00. The van der Waals surface area contributed by atoms with E-state index in [0.717, 1.165) is 12.8 Å². The smallest absolute Gasteiger partial charge is 0.270 e. The van der Waals surface area contributed by atoms with Gasteiger partial charge in [0.25, 0.3) is 5.91 Å². The lowest BCUT2D eigenvalue weighted by Gasteiger charge is -2.26. The minimum absolute atomic E-state index is 0.0611. The molecule has 2 aliphatic rings. The first-order valence-electron chi connectivity index (χ1n) is 7.68. The summed E-state index contributed by atoms with van der Waals surface area (Å²) in [5, 5.41) is 0. The van der Waals surface area contributed by atoms with Crippen LogP contribution in [0.25, 0.3) is 0 Å². The number of rotatable bonds is 1. The van der Waals surface area contributed by atoms with Crippen LogP contribution in [0.4, 0.5) is 0 Å². The Morgan fingerprint density at radius 3 is 2.81 bits per heavy atom. The number of amides is 1. The number of H-pyrrole nitrogens is 1. The zero-order chi connectivity index (χ0) is 15.0. The first kappa shape index (κ1) is 14.6. The van der Waals surface area contributed by atoms with Crippen LogP contribution in [0.2, 0.25) is 0 Å². The highest BCUT2D eigenvalue weighted by Crippen LogP contribution is 2.23. The molecule has 116 valence electrons. The fraction of sp³-hybridized carbons (Fsp3) is 0.667. The molecule has 0 aromatic carbocycles. The highest BCUT2D eigenvalue weighted by atomic mass is 32.2. The van der Waals surface area contributed by atoms with E-state index in [1.807, 2.05) is 13.0 Å². The average Bonchev–Trinajstić information content (AvgIpc) is 2.80. The largest absolute Gasteiger partial charge is 0.354 e. The van der Waals surface area contributed by atoms with Crippen LogP contribution in [-0.4, -0.2) is 48.3 Å². The fourth-order valence-electron chi connectivity index (χ4n) is 3.39. The maximum Gasteiger partial charge on any atom is 0.270 e. The number of hydrogen-bond donors (Lipinski definition) is 1. The molecule has 1 atom stereocenters. The summed E-state index contributed by atoms with van der Waals surface area (Å²) in [6.07, 6.45) is 4.91. The molecule has 1 aliphatic heterocycles. The highest BCUT2D eigenvalue weighted by molar-refractivity contribution is 7.91. The van der Waals surface area contributed by atoms with E-state index in [9.17, 15) is 13.2 Å². The maximum atomic E-state index is 12.7. The molecule has 21 heavy (non-hydrogen) atoms. The lowest BCUT2D eigenvalue weighted by Crippen LogP contribution is -2.41. The Hall–Kier alpha value is -1.30. The van der Waals surface area contributed by atoms with Crippen LogP contribution in [0.15, 0.2) is 6.07 Å². The van der Waals surface area contributed by atoms with Gasteiger partial charge in [-0.1, -0.05) is 0 Å². The number of sulfone groups is 1. The summed E-state index contributed by atoms with van der Waals surface area (Å²) in [7, 11) is -3.02. The molecule has 0 bridgehead atoms. The Morgan fingerprint density at radius 2 is 2.05 bits per heavy atom. The van der Waals surface area contributed by atoms with Gasteiger partial charge in [-0.25, -0.2) is 8.42 Å². The van der Waals surface area contributed by atoms with Crippen molar-refractivity contribution in [1.82, 2.24) is 9.88 Å². The van der Waals surface area contributed by atoms with Gasteiger partial charge in [0.1, 0.15) is 5.69 Å². The molecule has 1 aromatic heterocycles. The topological polar surface area (TPSA) is 70.2 Å². The van der Waals surface area contributed by atoms with Crippen molar-refractivity contribution in [3.8, 4) is 0 Å². The summed E-state index contributed by atoms with van der Waals surface area (Å²) < 4.78 is 23.6. The van der Waals surface area contributed by atoms with Gasteiger partial charge in [-0.2, -0.15) is 0 Å². The minimum Gasteiger partial charge on any atom is -0.354 e. The van der Waals surface area contributed by atoms with Gasteiger partial charge in [0.05, 0.1) is 11.5 Å². The summed E-state index contributed by atoms with van der Waals surface area (Å²) >= 11 is 0. The van der Waals surface area contributed by atoms with E-state index in [4.69, 9.17) is 0 Å².